The maximum atomic E-state index is 12.7. The van der Waals surface area contributed by atoms with Crippen molar-refractivity contribution in [2.24, 2.45) is 0 Å². The third-order valence-electron chi connectivity index (χ3n) is 4.79. The topological polar surface area (TPSA) is 77.2 Å². The van der Waals surface area contributed by atoms with Crippen molar-refractivity contribution >= 4 is 38.8 Å². The van der Waals surface area contributed by atoms with E-state index < -0.39 is 6.86 Å². The number of fused-ring (bicyclic) bond motifs is 2. The van der Waals surface area contributed by atoms with Crippen LogP contribution in [-0.4, -0.2) is 24.4 Å². The van der Waals surface area contributed by atoms with E-state index in [4.69, 9.17) is 15.5 Å². The van der Waals surface area contributed by atoms with Gasteiger partial charge in [0.05, 0.1) is 12.4 Å². The molecule has 0 unspecified atom stereocenters. The molecule has 0 saturated heterocycles. The van der Waals surface area contributed by atoms with E-state index in [1.807, 2.05) is 0 Å². The Morgan fingerprint density at radius 3 is 2.60 bits per heavy atom. The molecule has 1 aromatic carbocycles. The van der Waals surface area contributed by atoms with Gasteiger partial charge in [0.2, 0.25) is 6.86 Å². The molecule has 0 radical (unpaired) electrons. The van der Waals surface area contributed by atoms with Crippen molar-refractivity contribution in [3.05, 3.63) is 46.5 Å². The summed E-state index contributed by atoms with van der Waals surface area (Å²) in [6.07, 6.45) is 5.55. The third kappa shape index (κ3) is 5.05. The van der Waals surface area contributed by atoms with E-state index in [0.717, 1.165) is 35.2 Å². The first-order chi connectivity index (χ1) is 14.6. The molecule has 4 rings (SSSR count). The predicted molar refractivity (Wildman–Crippen MR) is 118 cm³/mol. The molecule has 160 valence electrons. The maximum absolute atomic E-state index is 12.7. The molecule has 0 bridgehead atoms. The number of ether oxygens (including phenoxy) is 1. The number of thiophene rings is 1. The molecular weight excluding hydrogens is 408 g/mol. The lowest BCUT2D eigenvalue weighted by atomic mass is 10.1. The number of rotatable bonds is 4. The monoisotopic (exact) mass is 433 g/mol. The number of halogens is 2. The Kier molecular flexibility index (Phi) is 7.57. The minimum absolute atomic E-state index is 0.250. The summed E-state index contributed by atoms with van der Waals surface area (Å²) in [6, 6.07) is 8.62. The van der Waals surface area contributed by atoms with E-state index in [-0.39, 0.29) is 12.6 Å². The molecule has 3 aromatic rings. The molecule has 1 aliphatic carbocycles. The molecule has 30 heavy (non-hydrogen) atoms. The lowest BCUT2D eigenvalue weighted by Crippen LogP contribution is -2.11. The van der Waals surface area contributed by atoms with Gasteiger partial charge in [-0.05, 0) is 68.5 Å². The molecule has 5 nitrogen and oxygen atoms in total. The molecule has 1 amide bonds. The average Bonchev–Trinajstić information content (AvgIpc) is 2.89. The molecular formula is C22H25F2N3O2S. The first kappa shape index (κ1) is 22.0. The van der Waals surface area contributed by atoms with Crippen LogP contribution in [0.3, 0.4) is 0 Å². The van der Waals surface area contributed by atoms with E-state index in [0.29, 0.717) is 22.0 Å². The largest absolute Gasteiger partial charge is 0.463 e. The number of alkyl halides is 2. The van der Waals surface area contributed by atoms with Crippen molar-refractivity contribution in [2.75, 3.05) is 24.6 Å². The number of pyridine rings is 1. The Hall–Kier alpha value is -2.74. The van der Waals surface area contributed by atoms with Gasteiger partial charge in [-0.25, -0.2) is 9.37 Å². The number of carbonyl (C=O) groups excluding carboxylic acids is 1. The van der Waals surface area contributed by atoms with Crippen molar-refractivity contribution in [1.82, 2.24) is 4.98 Å². The second kappa shape index (κ2) is 10.3. The molecule has 0 saturated carbocycles. The number of hydrogen-bond acceptors (Lipinski definition) is 5. The van der Waals surface area contributed by atoms with Gasteiger partial charge in [0.1, 0.15) is 15.5 Å². The van der Waals surface area contributed by atoms with Crippen LogP contribution in [0.25, 0.3) is 10.2 Å². The second-order valence-electron chi connectivity index (χ2n) is 6.85. The number of hydrogen-bond donors (Lipinski definition) is 2. The fourth-order valence-corrected chi connectivity index (χ4v) is 4.38. The molecule has 2 aromatic heterocycles. The fourth-order valence-electron chi connectivity index (χ4n) is 3.39. The van der Waals surface area contributed by atoms with Crippen LogP contribution in [0.15, 0.2) is 30.3 Å². The Bertz CT molecular complexity index is 1010. The van der Waals surface area contributed by atoms with Crippen molar-refractivity contribution in [3.63, 3.8) is 0 Å². The number of nitrogens with zero attached hydrogens (tertiary/aromatic N) is 1. The van der Waals surface area contributed by atoms with E-state index in [1.54, 1.807) is 24.3 Å². The van der Waals surface area contributed by atoms with Gasteiger partial charge in [-0.15, -0.1) is 11.3 Å². The maximum Gasteiger partial charge on any atom is 0.267 e. The quantitative estimate of drug-likeness (QED) is 0.519. The highest BCUT2D eigenvalue weighted by atomic mass is 32.1. The van der Waals surface area contributed by atoms with Crippen LogP contribution >= 0.6 is 11.3 Å². The van der Waals surface area contributed by atoms with Gasteiger partial charge in [0.15, 0.2) is 0 Å². The van der Waals surface area contributed by atoms with E-state index >= 15 is 0 Å². The summed E-state index contributed by atoms with van der Waals surface area (Å²) in [5, 5.41) is 3.68. The highest BCUT2D eigenvalue weighted by Crippen LogP contribution is 2.35. The summed E-state index contributed by atoms with van der Waals surface area (Å²) < 4.78 is 27.2. The number of carbonyl (C=O) groups is 1. The van der Waals surface area contributed by atoms with Crippen LogP contribution in [0.4, 0.5) is 20.2 Å². The van der Waals surface area contributed by atoms with Gasteiger partial charge in [0.25, 0.3) is 5.91 Å². The zero-order valence-corrected chi connectivity index (χ0v) is 17.7. The lowest BCUT2D eigenvalue weighted by molar-refractivity contribution is 0.103. The number of nitrogens with two attached hydrogens (primary N) is 1. The van der Waals surface area contributed by atoms with Crippen molar-refractivity contribution in [3.8, 4) is 5.75 Å². The Labute approximate surface area is 178 Å². The number of amides is 1. The molecule has 0 fully saturated rings. The van der Waals surface area contributed by atoms with Gasteiger partial charge >= 0.3 is 0 Å². The first-order valence-electron chi connectivity index (χ1n) is 9.94. The van der Waals surface area contributed by atoms with Crippen LogP contribution in [0.5, 0.6) is 5.75 Å². The van der Waals surface area contributed by atoms with Gasteiger partial charge in [-0.3, -0.25) is 9.18 Å². The van der Waals surface area contributed by atoms with Crippen LogP contribution in [0.1, 0.15) is 47.1 Å². The van der Waals surface area contributed by atoms with Gasteiger partial charge in [0, 0.05) is 16.8 Å². The number of nitrogen functional groups attached to an aromatic ring is 1. The number of aromatic nitrogens is 1. The third-order valence-corrected chi connectivity index (χ3v) is 5.90. The highest BCUT2D eigenvalue weighted by Gasteiger charge is 2.20. The number of nitrogens with one attached hydrogen (secondary N) is 1. The molecule has 2 heterocycles. The first-order valence-corrected chi connectivity index (χ1v) is 10.8. The molecule has 0 spiro atoms. The summed E-state index contributed by atoms with van der Waals surface area (Å²) in [5.74, 6) is 0.132. The zero-order chi connectivity index (χ0) is 21.5. The lowest BCUT2D eigenvalue weighted by Gasteiger charge is -2.06. The number of benzene rings is 1. The number of aryl methyl sites for hydroxylation is 2. The molecule has 1 aliphatic rings. The summed E-state index contributed by atoms with van der Waals surface area (Å²) >= 11 is 1.32. The smallest absolute Gasteiger partial charge is 0.267 e. The summed E-state index contributed by atoms with van der Waals surface area (Å²) in [6.45, 7) is 0.320. The average molecular weight is 434 g/mol. The molecule has 3 N–H and O–H groups in total. The van der Waals surface area contributed by atoms with E-state index in [2.05, 4.69) is 11.4 Å². The normalized spacial score (nSPS) is 13.0. The minimum Gasteiger partial charge on any atom is -0.463 e. The Balaban J connectivity index is 0.000000806. The summed E-state index contributed by atoms with van der Waals surface area (Å²) in [7, 11) is 0. The van der Waals surface area contributed by atoms with Crippen LogP contribution in [0.2, 0.25) is 0 Å². The van der Waals surface area contributed by atoms with Crippen molar-refractivity contribution in [2.45, 2.75) is 39.0 Å². The van der Waals surface area contributed by atoms with Gasteiger partial charge < -0.3 is 15.8 Å². The molecule has 0 aliphatic heterocycles. The molecule has 8 heteroatoms. The Morgan fingerprint density at radius 2 is 1.90 bits per heavy atom. The van der Waals surface area contributed by atoms with Gasteiger partial charge in [-0.2, -0.15) is 0 Å². The fraction of sp³-hybridized carbons (Fsp3) is 0.364. The minimum atomic E-state index is -0.888. The zero-order valence-electron chi connectivity index (χ0n) is 16.8. The highest BCUT2D eigenvalue weighted by molar-refractivity contribution is 7.21. The van der Waals surface area contributed by atoms with Crippen LogP contribution in [0, 0.1) is 0 Å². The number of anilines is 2. The summed E-state index contributed by atoms with van der Waals surface area (Å²) in [5.41, 5.74) is 9.73. The Morgan fingerprint density at radius 1 is 1.20 bits per heavy atom. The standard InChI is InChI=1S/C20H20FN3O2S.C2H5F/c21-11-26-14-8-6-13(7-9-14)23-19(25)18-17(22)15-10-12-4-2-1-3-5-16(12)24-20(15)27-18;1-2-3/h6-10H,1-5,11,22H2,(H,23,25);2H2,1H3. The van der Waals surface area contributed by atoms with Crippen LogP contribution in [-0.2, 0) is 12.8 Å². The van der Waals surface area contributed by atoms with Gasteiger partial charge in [-0.1, -0.05) is 6.42 Å². The predicted octanol–water partition coefficient (Wildman–Crippen LogP) is 5.68. The van der Waals surface area contributed by atoms with Crippen LogP contribution < -0.4 is 15.8 Å². The second-order valence-corrected chi connectivity index (χ2v) is 7.85. The molecule has 0 atom stereocenters. The SMILES string of the molecule is CCF.Nc1c(C(=O)Nc2ccc(OCF)cc2)sc2nc3c(cc12)CCCCC3. The van der Waals surface area contributed by atoms with E-state index in [9.17, 15) is 13.6 Å². The van der Waals surface area contributed by atoms with Crippen molar-refractivity contribution < 1.29 is 18.3 Å². The van der Waals surface area contributed by atoms with E-state index in [1.165, 1.54) is 36.7 Å². The van der Waals surface area contributed by atoms with Crippen molar-refractivity contribution in [1.29, 1.82) is 0 Å². The summed E-state index contributed by atoms with van der Waals surface area (Å²) in [4.78, 5) is 18.7.